The number of aromatic amines is 1. The van der Waals surface area contributed by atoms with Crippen LogP contribution in [0.3, 0.4) is 0 Å². The molecule has 1 rings (SSSR count). The normalized spacial score (nSPS) is 10.8. The molecular formula is C9H17N3O2S. The Balaban J connectivity index is 2.36. The van der Waals surface area contributed by atoms with E-state index >= 15 is 0 Å². The van der Waals surface area contributed by atoms with Crippen LogP contribution in [0.1, 0.15) is 25.1 Å². The average molecular weight is 231 g/mol. The molecule has 0 saturated heterocycles. The molecule has 0 fully saturated rings. The highest BCUT2D eigenvalue weighted by atomic mass is 32.1. The minimum atomic E-state index is -0.0782. The van der Waals surface area contributed by atoms with Gasteiger partial charge >= 0.3 is 0 Å². The van der Waals surface area contributed by atoms with Crippen molar-refractivity contribution in [2.24, 2.45) is 0 Å². The number of aromatic nitrogens is 3. The van der Waals surface area contributed by atoms with E-state index < -0.39 is 0 Å². The van der Waals surface area contributed by atoms with E-state index in [2.05, 4.69) is 10.2 Å². The van der Waals surface area contributed by atoms with Crippen LogP contribution in [0.2, 0.25) is 0 Å². The molecule has 86 valence electrons. The number of aliphatic hydroxyl groups is 1. The Morgan fingerprint density at radius 2 is 2.27 bits per heavy atom. The second-order valence-corrected chi connectivity index (χ2v) is 3.69. The van der Waals surface area contributed by atoms with E-state index in [0.29, 0.717) is 10.6 Å². The summed E-state index contributed by atoms with van der Waals surface area (Å²) in [5.41, 5.74) is 0. The molecule has 1 aromatic rings. The van der Waals surface area contributed by atoms with Crippen LogP contribution in [0.15, 0.2) is 0 Å². The molecule has 0 aliphatic heterocycles. The zero-order chi connectivity index (χ0) is 11.1. The van der Waals surface area contributed by atoms with Gasteiger partial charge in [-0.1, -0.05) is 0 Å². The first kappa shape index (κ1) is 12.4. The summed E-state index contributed by atoms with van der Waals surface area (Å²) in [4.78, 5) is 0. The van der Waals surface area contributed by atoms with Gasteiger partial charge in [0.25, 0.3) is 0 Å². The lowest BCUT2D eigenvalue weighted by atomic mass is 10.2. The molecule has 0 radical (unpaired) electrons. The molecule has 0 aromatic carbocycles. The maximum atomic E-state index is 9.00. The van der Waals surface area contributed by atoms with Gasteiger partial charge in [-0.05, 0) is 31.5 Å². The molecule has 5 nitrogen and oxygen atoms in total. The molecule has 0 unspecified atom stereocenters. The van der Waals surface area contributed by atoms with Crippen LogP contribution >= 0.6 is 12.2 Å². The van der Waals surface area contributed by atoms with Gasteiger partial charge < -0.3 is 14.4 Å². The van der Waals surface area contributed by atoms with Crippen molar-refractivity contribution in [2.75, 3.05) is 13.7 Å². The van der Waals surface area contributed by atoms with Gasteiger partial charge in [0.2, 0.25) is 0 Å². The number of aliphatic hydroxyl groups excluding tert-OH is 1. The van der Waals surface area contributed by atoms with Gasteiger partial charge in [-0.2, -0.15) is 5.10 Å². The zero-order valence-electron chi connectivity index (χ0n) is 8.90. The molecule has 1 aromatic heterocycles. The minimum Gasteiger partial charge on any atom is -0.388 e. The molecule has 0 spiro atoms. The Morgan fingerprint density at radius 3 is 2.93 bits per heavy atom. The van der Waals surface area contributed by atoms with Crippen molar-refractivity contribution < 1.29 is 9.84 Å². The van der Waals surface area contributed by atoms with E-state index in [0.717, 1.165) is 32.4 Å². The summed E-state index contributed by atoms with van der Waals surface area (Å²) in [7, 11) is 1.70. The Bertz CT molecular complexity index is 334. The molecule has 0 saturated carbocycles. The lowest BCUT2D eigenvalue weighted by Gasteiger charge is -2.04. The summed E-state index contributed by atoms with van der Waals surface area (Å²) in [5, 5.41) is 15.6. The maximum absolute atomic E-state index is 9.00. The molecule has 0 amide bonds. The third-order valence-electron chi connectivity index (χ3n) is 2.21. The summed E-state index contributed by atoms with van der Waals surface area (Å²) in [6, 6.07) is 0. The molecule has 0 aliphatic carbocycles. The Morgan fingerprint density at radius 1 is 1.47 bits per heavy atom. The first-order valence-electron chi connectivity index (χ1n) is 5.03. The third kappa shape index (κ3) is 3.73. The first-order valence-corrected chi connectivity index (χ1v) is 5.44. The van der Waals surface area contributed by atoms with E-state index in [9.17, 15) is 0 Å². The molecule has 15 heavy (non-hydrogen) atoms. The number of hydrogen-bond donors (Lipinski definition) is 2. The fraction of sp³-hybridized carbons (Fsp3) is 0.778. The highest BCUT2D eigenvalue weighted by molar-refractivity contribution is 7.71. The van der Waals surface area contributed by atoms with Crippen molar-refractivity contribution in [3.05, 3.63) is 10.6 Å². The fourth-order valence-corrected chi connectivity index (χ4v) is 1.64. The zero-order valence-corrected chi connectivity index (χ0v) is 9.72. The van der Waals surface area contributed by atoms with Crippen LogP contribution < -0.4 is 0 Å². The first-order chi connectivity index (χ1) is 7.29. The van der Waals surface area contributed by atoms with Crippen LogP contribution in [-0.2, 0) is 17.9 Å². The van der Waals surface area contributed by atoms with Gasteiger partial charge in [0.05, 0.1) is 0 Å². The highest BCUT2D eigenvalue weighted by Gasteiger charge is 2.03. The van der Waals surface area contributed by atoms with Crippen molar-refractivity contribution in [1.29, 1.82) is 0 Å². The van der Waals surface area contributed by atoms with Crippen LogP contribution in [0.5, 0.6) is 0 Å². The quantitative estimate of drug-likeness (QED) is 0.547. The van der Waals surface area contributed by atoms with Gasteiger partial charge in [-0.15, -0.1) is 0 Å². The van der Waals surface area contributed by atoms with E-state index in [1.54, 1.807) is 7.11 Å². The molecule has 0 bridgehead atoms. The summed E-state index contributed by atoms with van der Waals surface area (Å²) >= 11 is 5.05. The van der Waals surface area contributed by atoms with Crippen molar-refractivity contribution in [2.45, 2.75) is 32.4 Å². The van der Waals surface area contributed by atoms with Crippen molar-refractivity contribution >= 4 is 12.2 Å². The maximum Gasteiger partial charge on any atom is 0.195 e. The number of H-pyrrole nitrogens is 1. The summed E-state index contributed by atoms with van der Waals surface area (Å²) in [6.07, 6.45) is 3.16. The van der Waals surface area contributed by atoms with Crippen LogP contribution in [0, 0.1) is 4.77 Å². The SMILES string of the molecule is COCCCCCn1c(CO)n[nH]c1=S. The lowest BCUT2D eigenvalue weighted by molar-refractivity contribution is 0.191. The van der Waals surface area contributed by atoms with E-state index in [4.69, 9.17) is 22.1 Å². The van der Waals surface area contributed by atoms with Crippen LogP contribution in [-0.4, -0.2) is 33.6 Å². The molecule has 2 N–H and O–H groups in total. The van der Waals surface area contributed by atoms with Crippen molar-refractivity contribution in [3.8, 4) is 0 Å². The highest BCUT2D eigenvalue weighted by Crippen LogP contribution is 2.03. The van der Waals surface area contributed by atoms with Crippen molar-refractivity contribution in [1.82, 2.24) is 14.8 Å². The number of unbranched alkanes of at least 4 members (excludes halogenated alkanes) is 2. The minimum absolute atomic E-state index is 0.0782. The van der Waals surface area contributed by atoms with E-state index in [-0.39, 0.29) is 6.61 Å². The molecule has 0 atom stereocenters. The largest absolute Gasteiger partial charge is 0.388 e. The fourth-order valence-electron chi connectivity index (χ4n) is 1.39. The monoisotopic (exact) mass is 231 g/mol. The Labute approximate surface area is 94.1 Å². The van der Waals surface area contributed by atoms with Gasteiger partial charge in [-0.3, -0.25) is 5.10 Å². The number of nitrogens with one attached hydrogen (secondary N) is 1. The smallest absolute Gasteiger partial charge is 0.195 e. The second-order valence-electron chi connectivity index (χ2n) is 3.31. The lowest BCUT2D eigenvalue weighted by Crippen LogP contribution is -2.04. The number of nitrogens with zero attached hydrogens (tertiary/aromatic N) is 2. The molecule has 6 heteroatoms. The molecular weight excluding hydrogens is 214 g/mol. The van der Waals surface area contributed by atoms with Gasteiger partial charge in [0, 0.05) is 20.3 Å². The standard InChI is InChI=1S/C9H17N3O2S/c1-14-6-4-2-3-5-12-8(7-13)10-11-9(12)15/h13H,2-7H2,1H3,(H,11,15). The second kappa shape index (κ2) is 6.71. The molecule has 0 aliphatic rings. The summed E-state index contributed by atoms with van der Waals surface area (Å²) in [6.45, 7) is 1.52. The van der Waals surface area contributed by atoms with Gasteiger partial charge in [0.15, 0.2) is 10.6 Å². The van der Waals surface area contributed by atoms with Crippen LogP contribution in [0.25, 0.3) is 0 Å². The number of ether oxygens (including phenoxy) is 1. The van der Waals surface area contributed by atoms with Crippen molar-refractivity contribution in [3.63, 3.8) is 0 Å². The third-order valence-corrected chi connectivity index (χ3v) is 2.52. The van der Waals surface area contributed by atoms with Gasteiger partial charge in [-0.25, -0.2) is 0 Å². The van der Waals surface area contributed by atoms with Crippen LogP contribution in [0.4, 0.5) is 0 Å². The number of hydrogen-bond acceptors (Lipinski definition) is 4. The Hall–Kier alpha value is -0.720. The van der Waals surface area contributed by atoms with Gasteiger partial charge in [0.1, 0.15) is 6.61 Å². The summed E-state index contributed by atoms with van der Waals surface area (Å²) < 4.78 is 7.37. The Kier molecular flexibility index (Phi) is 5.52. The predicted molar refractivity (Wildman–Crippen MR) is 59.1 cm³/mol. The van der Waals surface area contributed by atoms with E-state index in [1.165, 1.54) is 0 Å². The van der Waals surface area contributed by atoms with E-state index in [1.807, 2.05) is 4.57 Å². The number of methoxy groups -OCH3 is 1. The molecule has 1 heterocycles. The topological polar surface area (TPSA) is 63.1 Å². The average Bonchev–Trinajstić information content (AvgIpc) is 2.60. The predicted octanol–water partition coefficient (Wildman–Crippen LogP) is 1.25. The number of rotatable bonds is 7. The summed E-state index contributed by atoms with van der Waals surface area (Å²) in [5.74, 6) is 0.603.